The largest absolute Gasteiger partial charge is 0.389 e. The van der Waals surface area contributed by atoms with Crippen LogP contribution in [0.2, 0.25) is 0 Å². The van der Waals surface area contributed by atoms with E-state index in [0.29, 0.717) is 18.0 Å². The molecular weight excluding hydrogens is 441 g/mol. The predicted molar refractivity (Wildman–Crippen MR) is 126 cm³/mol. The molecule has 1 unspecified atom stereocenters. The summed E-state index contributed by atoms with van der Waals surface area (Å²) in [4.78, 5) is 18.7. The molecule has 2 aromatic heterocycles. The van der Waals surface area contributed by atoms with Gasteiger partial charge in [-0.2, -0.15) is 0 Å². The number of aliphatic hydroxyl groups is 1. The molecule has 2 aliphatic heterocycles. The Morgan fingerprint density at radius 1 is 1.33 bits per heavy atom. The van der Waals surface area contributed by atoms with Crippen LogP contribution in [-0.2, 0) is 24.2 Å². The van der Waals surface area contributed by atoms with Gasteiger partial charge in [-0.15, -0.1) is 11.3 Å². The van der Waals surface area contributed by atoms with E-state index in [1.54, 1.807) is 24.3 Å². The predicted octanol–water partition coefficient (Wildman–Crippen LogP) is 4.41. The van der Waals surface area contributed by atoms with E-state index in [1.807, 2.05) is 11.8 Å². The lowest BCUT2D eigenvalue weighted by molar-refractivity contribution is -0.129. The number of piperidine rings is 1. The summed E-state index contributed by atoms with van der Waals surface area (Å²) in [5.41, 5.74) is 3.81. The smallest absolute Gasteiger partial charge is 0.219 e. The molecule has 1 amide bonds. The molecule has 3 aromatic rings. The molecule has 1 fully saturated rings. The minimum absolute atomic E-state index is 0.113. The summed E-state index contributed by atoms with van der Waals surface area (Å²) in [5, 5.41) is 15.6. The second-order valence-corrected chi connectivity index (χ2v) is 10.5. The molecule has 4 heterocycles. The highest BCUT2D eigenvalue weighted by Crippen LogP contribution is 2.38. The van der Waals surface area contributed by atoms with E-state index < -0.39 is 6.10 Å². The van der Waals surface area contributed by atoms with E-state index in [9.17, 15) is 14.3 Å². The number of fused-ring (bicyclic) bond motifs is 2. The summed E-state index contributed by atoms with van der Waals surface area (Å²) < 4.78 is 18.8. The van der Waals surface area contributed by atoms with Crippen LogP contribution in [0, 0.1) is 5.82 Å². The van der Waals surface area contributed by atoms with Gasteiger partial charge in [0, 0.05) is 47.1 Å². The Hall–Kier alpha value is -2.29. The first kappa shape index (κ1) is 22.5. The Labute approximate surface area is 197 Å². The van der Waals surface area contributed by atoms with Gasteiger partial charge >= 0.3 is 0 Å². The fourth-order valence-corrected chi connectivity index (χ4v) is 6.79. The summed E-state index contributed by atoms with van der Waals surface area (Å²) >= 11 is 1.77. The maximum atomic E-state index is 13.4. The van der Waals surface area contributed by atoms with Crippen LogP contribution in [0.5, 0.6) is 0 Å². The van der Waals surface area contributed by atoms with Gasteiger partial charge < -0.3 is 19.4 Å². The van der Waals surface area contributed by atoms with Crippen molar-refractivity contribution in [3.05, 3.63) is 50.6 Å². The number of benzene rings is 1. The van der Waals surface area contributed by atoms with E-state index in [-0.39, 0.29) is 11.7 Å². The van der Waals surface area contributed by atoms with Gasteiger partial charge in [-0.05, 0) is 69.0 Å². The summed E-state index contributed by atoms with van der Waals surface area (Å²) in [5.74, 6) is 0.135. The molecule has 0 bridgehead atoms. The normalized spacial score (nSPS) is 18.6. The fourth-order valence-electron chi connectivity index (χ4n) is 5.34. The number of hydrogen-bond donors (Lipinski definition) is 1. The van der Waals surface area contributed by atoms with Crippen LogP contribution in [0.3, 0.4) is 0 Å². The van der Waals surface area contributed by atoms with Crippen molar-refractivity contribution in [3.63, 3.8) is 0 Å². The number of aromatic nitrogens is 1. The zero-order valence-electron chi connectivity index (χ0n) is 19.1. The number of likely N-dealkylation sites (tertiary alicyclic amines) is 1. The molecule has 1 atom stereocenters. The van der Waals surface area contributed by atoms with E-state index in [4.69, 9.17) is 4.52 Å². The lowest BCUT2D eigenvalue weighted by Gasteiger charge is -2.31. The third-order valence-electron chi connectivity index (χ3n) is 7.13. The summed E-state index contributed by atoms with van der Waals surface area (Å²) in [6, 6.07) is 4.64. The number of rotatable bonds is 5. The Kier molecular flexibility index (Phi) is 6.24. The molecule has 1 saturated heterocycles. The van der Waals surface area contributed by atoms with Gasteiger partial charge in [0.05, 0.1) is 18.3 Å². The Bertz CT molecular complexity index is 1160. The first-order valence-electron chi connectivity index (χ1n) is 11.7. The van der Waals surface area contributed by atoms with Crippen LogP contribution in [0.25, 0.3) is 11.0 Å². The fraction of sp³-hybridized carbons (Fsp3) is 0.520. The lowest BCUT2D eigenvalue weighted by Crippen LogP contribution is -2.34. The highest BCUT2D eigenvalue weighted by Gasteiger charge is 2.29. The van der Waals surface area contributed by atoms with Crippen LogP contribution in [0.4, 0.5) is 4.39 Å². The summed E-state index contributed by atoms with van der Waals surface area (Å²) in [6.07, 6.45) is 3.24. The molecule has 0 radical (unpaired) electrons. The van der Waals surface area contributed by atoms with Crippen LogP contribution in [-0.4, -0.2) is 52.1 Å². The van der Waals surface area contributed by atoms with Crippen molar-refractivity contribution in [1.29, 1.82) is 0 Å². The van der Waals surface area contributed by atoms with E-state index in [0.717, 1.165) is 68.5 Å². The quantitative estimate of drug-likeness (QED) is 0.597. The average molecular weight is 472 g/mol. The van der Waals surface area contributed by atoms with E-state index in [1.165, 1.54) is 27.5 Å². The molecule has 1 aromatic carbocycles. The molecule has 8 heteroatoms. The zero-order valence-corrected chi connectivity index (χ0v) is 20.0. The van der Waals surface area contributed by atoms with Gasteiger partial charge in [0.1, 0.15) is 5.82 Å². The lowest BCUT2D eigenvalue weighted by atomic mass is 9.91. The second-order valence-electron chi connectivity index (χ2n) is 9.28. The molecule has 0 spiro atoms. The number of thiophene rings is 1. The standard InChI is InChI=1S/C25H30FN3O3S/c1-15(30)24-20-7-12-29(16(2)31)14-23(20)33-22(24)8-11-28-9-5-17(6-10-28)25-19-4-3-18(26)13-21(19)32-27-25/h3-4,13,15,17,30H,5-12,14H2,1-2H3. The molecule has 6 nitrogen and oxygen atoms in total. The van der Waals surface area contributed by atoms with Crippen molar-refractivity contribution < 1.29 is 18.8 Å². The molecule has 33 heavy (non-hydrogen) atoms. The van der Waals surface area contributed by atoms with Crippen LogP contribution < -0.4 is 0 Å². The van der Waals surface area contributed by atoms with Gasteiger partial charge in [-0.3, -0.25) is 4.79 Å². The van der Waals surface area contributed by atoms with Gasteiger partial charge in [-0.1, -0.05) is 5.16 Å². The number of hydrogen-bond acceptors (Lipinski definition) is 6. The highest BCUT2D eigenvalue weighted by molar-refractivity contribution is 7.12. The van der Waals surface area contributed by atoms with E-state index in [2.05, 4.69) is 10.1 Å². The molecule has 2 aliphatic rings. The molecule has 5 rings (SSSR count). The maximum Gasteiger partial charge on any atom is 0.219 e. The first-order valence-corrected chi connectivity index (χ1v) is 12.6. The SMILES string of the molecule is CC(=O)N1CCc2c(sc(CCN3CCC(c4noc5cc(F)ccc45)CC3)c2C(C)O)C1. The number of nitrogens with zero attached hydrogens (tertiary/aromatic N) is 3. The second kappa shape index (κ2) is 9.16. The van der Waals surface area contributed by atoms with Crippen molar-refractivity contribution in [2.24, 2.45) is 0 Å². The summed E-state index contributed by atoms with van der Waals surface area (Å²) in [6.45, 7) is 7.78. The Morgan fingerprint density at radius 2 is 2.12 bits per heavy atom. The first-order chi connectivity index (χ1) is 15.9. The number of carbonyl (C=O) groups is 1. The topological polar surface area (TPSA) is 69.8 Å². The summed E-state index contributed by atoms with van der Waals surface area (Å²) in [7, 11) is 0. The monoisotopic (exact) mass is 471 g/mol. The van der Waals surface area contributed by atoms with Crippen molar-refractivity contribution in [1.82, 2.24) is 15.0 Å². The number of aliphatic hydroxyl groups excluding tert-OH is 1. The van der Waals surface area contributed by atoms with Crippen LogP contribution >= 0.6 is 11.3 Å². The van der Waals surface area contributed by atoms with Crippen molar-refractivity contribution in [3.8, 4) is 0 Å². The van der Waals surface area contributed by atoms with Gasteiger partial charge in [0.2, 0.25) is 5.91 Å². The van der Waals surface area contributed by atoms with Crippen molar-refractivity contribution >= 4 is 28.2 Å². The van der Waals surface area contributed by atoms with E-state index >= 15 is 0 Å². The maximum absolute atomic E-state index is 13.4. The third-order valence-corrected chi connectivity index (χ3v) is 8.42. The van der Waals surface area contributed by atoms with Crippen molar-refractivity contribution in [2.45, 2.75) is 58.1 Å². The van der Waals surface area contributed by atoms with Crippen molar-refractivity contribution in [2.75, 3.05) is 26.2 Å². The highest BCUT2D eigenvalue weighted by atomic mass is 32.1. The number of amides is 1. The van der Waals surface area contributed by atoms with Crippen LogP contribution in [0.1, 0.15) is 65.3 Å². The zero-order chi connectivity index (χ0) is 23.1. The van der Waals surface area contributed by atoms with Gasteiger partial charge in [-0.25, -0.2) is 4.39 Å². The van der Waals surface area contributed by atoms with Gasteiger partial charge in [0.15, 0.2) is 5.58 Å². The molecular formula is C25H30FN3O3S. The average Bonchev–Trinajstić information content (AvgIpc) is 3.38. The Morgan fingerprint density at radius 3 is 2.85 bits per heavy atom. The molecule has 0 aliphatic carbocycles. The third kappa shape index (κ3) is 4.44. The minimum Gasteiger partial charge on any atom is -0.389 e. The molecule has 176 valence electrons. The van der Waals surface area contributed by atoms with Gasteiger partial charge in [0.25, 0.3) is 0 Å². The molecule has 0 saturated carbocycles. The molecule has 1 N–H and O–H groups in total. The van der Waals surface area contributed by atoms with Crippen LogP contribution in [0.15, 0.2) is 22.7 Å². The Balaban J connectivity index is 1.23. The minimum atomic E-state index is -0.486. The number of halogens is 1. The number of carbonyl (C=O) groups excluding carboxylic acids is 1.